The molecule has 2 fully saturated rings. The molecule has 0 unspecified atom stereocenters. The quantitative estimate of drug-likeness (QED) is 0.919. The summed E-state index contributed by atoms with van der Waals surface area (Å²) in [4.78, 5) is 15.3. The molecule has 132 valence electrons. The van der Waals surface area contributed by atoms with Gasteiger partial charge < -0.3 is 14.4 Å². The predicted octanol–water partition coefficient (Wildman–Crippen LogP) is 2.46. The molecule has 1 saturated carbocycles. The standard InChI is InChI=1S/C18H27N3O3/c1-11-9-15-16(12(2)24-11)19-20-17(15)18(22)21(14-3-4-14)10-13-5-7-23-8-6-13/h11-14H,3-10H2,1-2H3,(H,19,20)/t11-,12+/m1/s1. The zero-order valence-corrected chi connectivity index (χ0v) is 14.6. The fourth-order valence-electron chi connectivity index (χ4n) is 3.98. The van der Waals surface area contributed by atoms with Crippen molar-refractivity contribution in [1.29, 1.82) is 0 Å². The van der Waals surface area contributed by atoms with Gasteiger partial charge in [0.1, 0.15) is 0 Å². The van der Waals surface area contributed by atoms with E-state index in [0.717, 1.165) is 63.1 Å². The van der Waals surface area contributed by atoms with Crippen LogP contribution >= 0.6 is 0 Å². The smallest absolute Gasteiger partial charge is 0.274 e. The van der Waals surface area contributed by atoms with Crippen molar-refractivity contribution in [2.24, 2.45) is 5.92 Å². The van der Waals surface area contributed by atoms with E-state index in [0.29, 0.717) is 17.7 Å². The number of H-pyrrole nitrogens is 1. The normalized spacial score (nSPS) is 27.8. The van der Waals surface area contributed by atoms with E-state index in [1.165, 1.54) is 0 Å². The molecule has 1 N–H and O–H groups in total. The molecule has 1 aromatic rings. The Morgan fingerprint density at radius 2 is 2.00 bits per heavy atom. The number of fused-ring (bicyclic) bond motifs is 1. The summed E-state index contributed by atoms with van der Waals surface area (Å²) in [5.74, 6) is 0.655. The first-order chi connectivity index (χ1) is 11.6. The van der Waals surface area contributed by atoms with E-state index in [4.69, 9.17) is 9.47 Å². The number of aromatic amines is 1. The Bertz CT molecular complexity index is 605. The van der Waals surface area contributed by atoms with Gasteiger partial charge >= 0.3 is 0 Å². The lowest BCUT2D eigenvalue weighted by Gasteiger charge is -2.30. The molecule has 3 aliphatic rings. The van der Waals surface area contributed by atoms with Crippen molar-refractivity contribution in [2.75, 3.05) is 19.8 Å². The number of carbonyl (C=O) groups excluding carboxylic acids is 1. The number of ether oxygens (including phenoxy) is 2. The van der Waals surface area contributed by atoms with Crippen molar-refractivity contribution in [2.45, 2.75) is 64.2 Å². The van der Waals surface area contributed by atoms with Crippen LogP contribution < -0.4 is 0 Å². The molecule has 6 heteroatoms. The van der Waals surface area contributed by atoms with Gasteiger partial charge in [-0.2, -0.15) is 5.10 Å². The number of hydrogen-bond acceptors (Lipinski definition) is 4. The van der Waals surface area contributed by atoms with E-state index in [1.807, 2.05) is 6.92 Å². The van der Waals surface area contributed by atoms with Gasteiger partial charge in [0.05, 0.1) is 17.9 Å². The maximum absolute atomic E-state index is 13.2. The Morgan fingerprint density at radius 1 is 1.25 bits per heavy atom. The minimum Gasteiger partial charge on any atom is -0.381 e. The Morgan fingerprint density at radius 3 is 2.71 bits per heavy atom. The summed E-state index contributed by atoms with van der Waals surface area (Å²) in [5.41, 5.74) is 2.65. The number of nitrogens with zero attached hydrogens (tertiary/aromatic N) is 2. The van der Waals surface area contributed by atoms with Crippen LogP contribution in [-0.2, 0) is 15.9 Å². The van der Waals surface area contributed by atoms with Crippen LogP contribution in [0.3, 0.4) is 0 Å². The molecule has 0 radical (unpaired) electrons. The van der Waals surface area contributed by atoms with Crippen molar-refractivity contribution in [3.63, 3.8) is 0 Å². The average Bonchev–Trinajstić information content (AvgIpc) is 3.32. The third-order valence-corrected chi connectivity index (χ3v) is 5.48. The highest BCUT2D eigenvalue weighted by Crippen LogP contribution is 2.34. The lowest BCUT2D eigenvalue weighted by atomic mass is 9.97. The lowest BCUT2D eigenvalue weighted by molar-refractivity contribution is -0.00705. The van der Waals surface area contributed by atoms with Gasteiger partial charge in [0.2, 0.25) is 0 Å². The Hall–Kier alpha value is -1.40. The van der Waals surface area contributed by atoms with E-state index in [9.17, 15) is 4.79 Å². The van der Waals surface area contributed by atoms with E-state index >= 15 is 0 Å². The summed E-state index contributed by atoms with van der Waals surface area (Å²) in [6, 6.07) is 0.405. The zero-order chi connectivity index (χ0) is 16.7. The molecule has 1 aliphatic carbocycles. The van der Waals surface area contributed by atoms with Gasteiger partial charge in [-0.3, -0.25) is 9.89 Å². The van der Waals surface area contributed by atoms with Crippen LogP contribution in [0.1, 0.15) is 67.4 Å². The van der Waals surface area contributed by atoms with Crippen LogP contribution in [0.2, 0.25) is 0 Å². The number of hydrogen-bond donors (Lipinski definition) is 1. The van der Waals surface area contributed by atoms with Crippen molar-refractivity contribution in [3.8, 4) is 0 Å². The van der Waals surface area contributed by atoms with Crippen molar-refractivity contribution >= 4 is 5.91 Å². The van der Waals surface area contributed by atoms with Crippen molar-refractivity contribution in [1.82, 2.24) is 15.1 Å². The molecule has 0 bridgehead atoms. The van der Waals surface area contributed by atoms with Gasteiger partial charge in [-0.25, -0.2) is 0 Å². The van der Waals surface area contributed by atoms with Gasteiger partial charge in [0.25, 0.3) is 5.91 Å². The summed E-state index contributed by atoms with van der Waals surface area (Å²) in [6.07, 6.45) is 5.21. The van der Waals surface area contributed by atoms with E-state index in [2.05, 4.69) is 22.0 Å². The van der Waals surface area contributed by atoms with Crippen molar-refractivity contribution in [3.05, 3.63) is 17.0 Å². The van der Waals surface area contributed by atoms with Crippen LogP contribution in [0.4, 0.5) is 0 Å². The topological polar surface area (TPSA) is 67.5 Å². The summed E-state index contributed by atoms with van der Waals surface area (Å²) >= 11 is 0. The fraction of sp³-hybridized carbons (Fsp3) is 0.778. The first-order valence-electron chi connectivity index (χ1n) is 9.24. The van der Waals surface area contributed by atoms with Gasteiger partial charge in [0, 0.05) is 37.8 Å². The second kappa shape index (κ2) is 6.48. The lowest BCUT2D eigenvalue weighted by Crippen LogP contribution is -2.39. The predicted molar refractivity (Wildman–Crippen MR) is 88.9 cm³/mol. The molecule has 24 heavy (non-hydrogen) atoms. The van der Waals surface area contributed by atoms with E-state index < -0.39 is 0 Å². The Kier molecular flexibility index (Phi) is 4.35. The first-order valence-corrected chi connectivity index (χ1v) is 9.24. The monoisotopic (exact) mass is 333 g/mol. The fourth-order valence-corrected chi connectivity index (χ4v) is 3.98. The zero-order valence-electron chi connectivity index (χ0n) is 14.6. The minimum absolute atomic E-state index is 0.0253. The van der Waals surface area contributed by atoms with E-state index in [1.54, 1.807) is 0 Å². The SMILES string of the molecule is C[C@@H]1Cc2c(C(=O)N(CC3CCOCC3)C3CC3)n[nH]c2[C@H](C)O1. The number of amides is 1. The Labute approximate surface area is 142 Å². The molecule has 2 aliphatic heterocycles. The van der Waals surface area contributed by atoms with Crippen molar-refractivity contribution < 1.29 is 14.3 Å². The summed E-state index contributed by atoms with van der Waals surface area (Å²) in [6.45, 7) is 6.56. The highest BCUT2D eigenvalue weighted by atomic mass is 16.5. The molecule has 1 amide bonds. The van der Waals surface area contributed by atoms with Crippen LogP contribution in [0.5, 0.6) is 0 Å². The van der Waals surface area contributed by atoms with E-state index in [-0.39, 0.29) is 18.1 Å². The maximum atomic E-state index is 13.2. The van der Waals surface area contributed by atoms with Gasteiger partial charge in [-0.1, -0.05) is 0 Å². The number of aromatic nitrogens is 2. The van der Waals surface area contributed by atoms with Gasteiger partial charge in [0.15, 0.2) is 5.69 Å². The summed E-state index contributed by atoms with van der Waals surface area (Å²) < 4.78 is 11.3. The molecule has 4 rings (SSSR count). The minimum atomic E-state index is -0.0253. The second-order valence-electron chi connectivity index (χ2n) is 7.50. The third-order valence-electron chi connectivity index (χ3n) is 5.48. The molecule has 1 saturated heterocycles. The van der Waals surface area contributed by atoms with Crippen LogP contribution in [-0.4, -0.2) is 52.9 Å². The largest absolute Gasteiger partial charge is 0.381 e. The summed E-state index contributed by atoms with van der Waals surface area (Å²) in [5, 5.41) is 7.44. The molecule has 3 heterocycles. The van der Waals surface area contributed by atoms with Crippen LogP contribution in [0, 0.1) is 5.92 Å². The number of rotatable bonds is 4. The number of nitrogens with one attached hydrogen (secondary N) is 1. The molecule has 6 nitrogen and oxygen atoms in total. The molecule has 2 atom stereocenters. The maximum Gasteiger partial charge on any atom is 0.274 e. The molecule has 0 aromatic carbocycles. The number of carbonyl (C=O) groups is 1. The third kappa shape index (κ3) is 3.09. The van der Waals surface area contributed by atoms with Gasteiger partial charge in [-0.15, -0.1) is 0 Å². The van der Waals surface area contributed by atoms with Crippen LogP contribution in [0.15, 0.2) is 0 Å². The Balaban J connectivity index is 1.55. The van der Waals surface area contributed by atoms with Gasteiger partial charge in [-0.05, 0) is 45.4 Å². The first kappa shape index (κ1) is 16.1. The average molecular weight is 333 g/mol. The molecule has 0 spiro atoms. The highest BCUT2D eigenvalue weighted by molar-refractivity contribution is 5.94. The van der Waals surface area contributed by atoms with Crippen LogP contribution in [0.25, 0.3) is 0 Å². The molecular formula is C18H27N3O3. The summed E-state index contributed by atoms with van der Waals surface area (Å²) in [7, 11) is 0. The molecule has 1 aromatic heterocycles. The second-order valence-corrected chi connectivity index (χ2v) is 7.50. The molecular weight excluding hydrogens is 306 g/mol. The highest BCUT2D eigenvalue weighted by Gasteiger charge is 2.38.